The highest BCUT2D eigenvalue weighted by molar-refractivity contribution is 6.30. The van der Waals surface area contributed by atoms with Gasteiger partial charge in [0.25, 0.3) is 0 Å². The molecule has 0 spiro atoms. The first-order valence-electron chi connectivity index (χ1n) is 7.91. The highest BCUT2D eigenvalue weighted by atomic mass is 35.5. The fourth-order valence-electron chi connectivity index (χ4n) is 2.74. The minimum absolute atomic E-state index is 0.578. The van der Waals surface area contributed by atoms with Gasteiger partial charge in [-0.2, -0.15) is 0 Å². The summed E-state index contributed by atoms with van der Waals surface area (Å²) in [7, 11) is 2.20. The van der Waals surface area contributed by atoms with Gasteiger partial charge in [-0.25, -0.2) is 0 Å². The summed E-state index contributed by atoms with van der Waals surface area (Å²) in [6.07, 6.45) is 0. The second-order valence-corrected chi connectivity index (χ2v) is 7.01. The molecular weight excluding hydrogens is 282 g/mol. The molecule has 0 aromatic heterocycles. The number of piperazine rings is 1. The fraction of sp³-hybridized carbons (Fsp3) is 0.647. The van der Waals surface area contributed by atoms with Crippen LogP contribution in [0.25, 0.3) is 0 Å². The molecule has 1 aliphatic heterocycles. The van der Waals surface area contributed by atoms with E-state index in [2.05, 4.69) is 55.1 Å². The molecule has 1 N–H and O–H groups in total. The van der Waals surface area contributed by atoms with Crippen LogP contribution in [-0.4, -0.2) is 44.2 Å². The minimum atomic E-state index is 0.578. The maximum Gasteiger partial charge on any atom is 0.0427 e. The van der Waals surface area contributed by atoms with Crippen LogP contribution in [0.15, 0.2) is 18.2 Å². The number of hydrogen-bond acceptors (Lipinski definition) is 3. The molecule has 1 aromatic rings. The summed E-state index contributed by atoms with van der Waals surface area (Å²) < 4.78 is 0. The number of nitrogens with zero attached hydrogens (tertiary/aromatic N) is 2. The quantitative estimate of drug-likeness (QED) is 0.901. The van der Waals surface area contributed by atoms with E-state index in [4.69, 9.17) is 11.6 Å². The van der Waals surface area contributed by atoms with E-state index in [1.807, 2.05) is 6.07 Å². The van der Waals surface area contributed by atoms with E-state index < -0.39 is 0 Å². The van der Waals surface area contributed by atoms with Gasteiger partial charge in [0.1, 0.15) is 0 Å². The van der Waals surface area contributed by atoms with Crippen LogP contribution in [0.5, 0.6) is 0 Å². The van der Waals surface area contributed by atoms with E-state index in [0.717, 1.165) is 37.7 Å². The van der Waals surface area contributed by atoms with E-state index in [-0.39, 0.29) is 0 Å². The zero-order chi connectivity index (χ0) is 15.4. The molecule has 0 bridgehead atoms. The Kier molecular flexibility index (Phi) is 5.91. The summed E-state index contributed by atoms with van der Waals surface area (Å²) in [5.74, 6) is 0.671. The lowest BCUT2D eigenvalue weighted by Gasteiger charge is -2.40. The second-order valence-electron chi connectivity index (χ2n) is 6.57. The summed E-state index contributed by atoms with van der Waals surface area (Å²) in [6, 6.07) is 6.85. The van der Waals surface area contributed by atoms with Crippen LogP contribution < -0.4 is 10.2 Å². The van der Waals surface area contributed by atoms with Gasteiger partial charge in [-0.1, -0.05) is 31.5 Å². The molecule has 0 aliphatic carbocycles. The third-order valence-corrected chi connectivity index (χ3v) is 4.45. The van der Waals surface area contributed by atoms with Crippen LogP contribution in [0.2, 0.25) is 5.02 Å². The number of anilines is 1. The smallest absolute Gasteiger partial charge is 0.0427 e. The van der Waals surface area contributed by atoms with Crippen molar-refractivity contribution in [3.05, 3.63) is 28.8 Å². The van der Waals surface area contributed by atoms with Gasteiger partial charge in [0, 0.05) is 42.9 Å². The van der Waals surface area contributed by atoms with Gasteiger partial charge >= 0.3 is 0 Å². The second kappa shape index (κ2) is 7.48. The summed E-state index contributed by atoms with van der Waals surface area (Å²) in [6.45, 7) is 11.9. The Bertz CT molecular complexity index is 461. The molecular formula is C17H28ClN3. The van der Waals surface area contributed by atoms with Crippen LogP contribution in [0.3, 0.4) is 0 Å². The molecule has 4 heteroatoms. The standard InChI is InChI=1S/C17H28ClN3/c1-13(2)10-19-11-15-5-6-16(18)9-17(15)21-8-7-20(4)14(3)12-21/h5-6,9,13-14,19H,7-8,10-12H2,1-4H3. The Labute approximate surface area is 134 Å². The summed E-state index contributed by atoms with van der Waals surface area (Å²) in [5.41, 5.74) is 2.63. The van der Waals surface area contributed by atoms with Crippen LogP contribution >= 0.6 is 11.6 Å². The normalized spacial score (nSPS) is 20.3. The molecule has 1 unspecified atom stereocenters. The number of likely N-dealkylation sites (N-methyl/N-ethyl adjacent to an activating group) is 1. The van der Waals surface area contributed by atoms with Crippen LogP contribution in [0.1, 0.15) is 26.3 Å². The van der Waals surface area contributed by atoms with Crippen molar-refractivity contribution in [3.8, 4) is 0 Å². The van der Waals surface area contributed by atoms with Crippen LogP contribution in [0.4, 0.5) is 5.69 Å². The average molecular weight is 310 g/mol. The topological polar surface area (TPSA) is 18.5 Å². The Morgan fingerprint density at radius 3 is 2.76 bits per heavy atom. The van der Waals surface area contributed by atoms with E-state index >= 15 is 0 Å². The molecule has 0 radical (unpaired) electrons. The van der Waals surface area contributed by atoms with E-state index in [9.17, 15) is 0 Å². The molecule has 0 saturated carbocycles. The maximum atomic E-state index is 6.23. The van der Waals surface area contributed by atoms with Gasteiger partial charge in [-0.15, -0.1) is 0 Å². The van der Waals surface area contributed by atoms with Crippen molar-refractivity contribution in [2.45, 2.75) is 33.4 Å². The van der Waals surface area contributed by atoms with Crippen molar-refractivity contribution in [2.24, 2.45) is 5.92 Å². The van der Waals surface area contributed by atoms with Crippen LogP contribution in [0, 0.1) is 5.92 Å². The number of nitrogens with one attached hydrogen (secondary N) is 1. The molecule has 21 heavy (non-hydrogen) atoms. The Morgan fingerprint density at radius 2 is 2.10 bits per heavy atom. The lowest BCUT2D eigenvalue weighted by Crippen LogP contribution is -2.50. The van der Waals surface area contributed by atoms with Gasteiger partial charge in [-0.3, -0.25) is 0 Å². The highest BCUT2D eigenvalue weighted by Gasteiger charge is 2.22. The van der Waals surface area contributed by atoms with Crippen molar-refractivity contribution >= 4 is 17.3 Å². The Morgan fingerprint density at radius 1 is 1.33 bits per heavy atom. The summed E-state index contributed by atoms with van der Waals surface area (Å²) in [5, 5.41) is 4.36. The summed E-state index contributed by atoms with van der Waals surface area (Å²) >= 11 is 6.23. The number of halogens is 1. The maximum absolute atomic E-state index is 6.23. The predicted octanol–water partition coefficient (Wildman–Crippen LogP) is 3.23. The molecule has 2 rings (SSSR count). The van der Waals surface area contributed by atoms with Gasteiger partial charge in [0.2, 0.25) is 0 Å². The third kappa shape index (κ3) is 4.60. The number of hydrogen-bond donors (Lipinski definition) is 1. The SMILES string of the molecule is CC(C)CNCc1ccc(Cl)cc1N1CCN(C)C(C)C1. The predicted molar refractivity (Wildman–Crippen MR) is 92.3 cm³/mol. The van der Waals surface area contributed by atoms with E-state index in [1.165, 1.54) is 11.3 Å². The monoisotopic (exact) mass is 309 g/mol. The largest absolute Gasteiger partial charge is 0.368 e. The first-order valence-corrected chi connectivity index (χ1v) is 8.29. The highest BCUT2D eigenvalue weighted by Crippen LogP contribution is 2.27. The first kappa shape index (κ1) is 16.6. The summed E-state index contributed by atoms with van der Waals surface area (Å²) in [4.78, 5) is 4.89. The van der Waals surface area contributed by atoms with Gasteiger partial charge < -0.3 is 15.1 Å². The first-order chi connectivity index (χ1) is 9.97. The van der Waals surface area contributed by atoms with Gasteiger partial charge in [0.05, 0.1) is 0 Å². The van der Waals surface area contributed by atoms with Crippen molar-refractivity contribution in [2.75, 3.05) is 38.1 Å². The van der Waals surface area contributed by atoms with Crippen molar-refractivity contribution in [1.82, 2.24) is 10.2 Å². The van der Waals surface area contributed by atoms with Gasteiger partial charge in [-0.05, 0) is 44.1 Å². The zero-order valence-corrected chi connectivity index (χ0v) is 14.5. The Balaban J connectivity index is 2.11. The molecule has 118 valence electrons. The zero-order valence-electron chi connectivity index (χ0n) is 13.7. The van der Waals surface area contributed by atoms with Crippen molar-refractivity contribution in [3.63, 3.8) is 0 Å². The molecule has 1 aliphatic rings. The molecule has 1 saturated heterocycles. The van der Waals surface area contributed by atoms with Crippen molar-refractivity contribution in [1.29, 1.82) is 0 Å². The number of benzene rings is 1. The van der Waals surface area contributed by atoms with Crippen molar-refractivity contribution < 1.29 is 0 Å². The molecule has 1 aromatic carbocycles. The fourth-order valence-corrected chi connectivity index (χ4v) is 2.91. The van der Waals surface area contributed by atoms with E-state index in [0.29, 0.717) is 12.0 Å². The lowest BCUT2D eigenvalue weighted by atomic mass is 10.1. The molecule has 3 nitrogen and oxygen atoms in total. The third-order valence-electron chi connectivity index (χ3n) is 4.22. The number of rotatable bonds is 5. The molecule has 1 atom stereocenters. The molecule has 1 heterocycles. The minimum Gasteiger partial charge on any atom is -0.368 e. The van der Waals surface area contributed by atoms with Crippen LogP contribution in [-0.2, 0) is 6.54 Å². The van der Waals surface area contributed by atoms with E-state index in [1.54, 1.807) is 0 Å². The molecule has 1 fully saturated rings. The lowest BCUT2D eigenvalue weighted by molar-refractivity contribution is 0.234. The average Bonchev–Trinajstić information content (AvgIpc) is 2.43. The Hall–Kier alpha value is -0.770. The molecule has 0 amide bonds. The van der Waals surface area contributed by atoms with Gasteiger partial charge in [0.15, 0.2) is 0 Å².